The summed E-state index contributed by atoms with van der Waals surface area (Å²) in [5.74, 6) is -0.565. The van der Waals surface area contributed by atoms with Gasteiger partial charge in [0.25, 0.3) is 0 Å². The van der Waals surface area contributed by atoms with E-state index in [1.807, 2.05) is 42.5 Å². The van der Waals surface area contributed by atoms with E-state index in [9.17, 15) is 15.0 Å². The second-order valence-corrected chi connectivity index (χ2v) is 6.75. The number of piperidine rings is 1. The molecule has 3 rings (SSSR count). The number of benzene rings is 2. The van der Waals surface area contributed by atoms with Crippen LogP contribution in [0.2, 0.25) is 0 Å². The van der Waals surface area contributed by atoms with Gasteiger partial charge < -0.3 is 15.1 Å². The summed E-state index contributed by atoms with van der Waals surface area (Å²) in [5, 5.41) is 19.8. The molecule has 0 bridgehead atoms. The number of hydrogen-bond acceptors (Lipinski definition) is 3. The molecule has 2 aromatic carbocycles. The first-order valence-electron chi connectivity index (χ1n) is 8.91. The first-order chi connectivity index (χ1) is 12.1. The van der Waals surface area contributed by atoms with Gasteiger partial charge in [0.2, 0.25) is 0 Å². The highest BCUT2D eigenvalue weighted by atomic mass is 16.4. The lowest BCUT2D eigenvalue weighted by Gasteiger charge is -2.34. The highest BCUT2D eigenvalue weighted by Crippen LogP contribution is 2.30. The molecule has 2 N–H and O–H groups in total. The molecule has 25 heavy (non-hydrogen) atoms. The minimum atomic E-state index is -0.861. The maximum atomic E-state index is 11.3. The number of aromatic carboxylic acids is 1. The van der Waals surface area contributed by atoms with Crippen LogP contribution in [0, 0.1) is 5.92 Å². The number of carboxylic acid groups (broad SMARTS) is 1. The van der Waals surface area contributed by atoms with Crippen molar-refractivity contribution < 1.29 is 15.0 Å². The number of nitrogens with zero attached hydrogens (tertiary/aromatic N) is 1. The fraction of sp³-hybridized carbons (Fsp3) is 0.381. The zero-order valence-corrected chi connectivity index (χ0v) is 14.3. The van der Waals surface area contributed by atoms with Crippen molar-refractivity contribution in [2.24, 2.45) is 5.92 Å². The minimum Gasteiger partial charge on any atom is -0.478 e. The molecule has 4 nitrogen and oxygen atoms in total. The first-order valence-corrected chi connectivity index (χ1v) is 8.91. The number of likely N-dealkylation sites (tertiary alicyclic amines) is 1. The zero-order valence-electron chi connectivity index (χ0n) is 14.3. The maximum Gasteiger partial charge on any atom is 0.335 e. The molecule has 132 valence electrons. The Morgan fingerprint density at radius 3 is 2.36 bits per heavy atom. The summed E-state index contributed by atoms with van der Waals surface area (Å²) in [6.07, 6.45) is 2.29. The van der Waals surface area contributed by atoms with Crippen molar-refractivity contribution in [3.05, 3.63) is 71.3 Å². The van der Waals surface area contributed by atoms with Crippen molar-refractivity contribution in [1.29, 1.82) is 0 Å². The average molecular weight is 339 g/mol. The van der Waals surface area contributed by atoms with Crippen molar-refractivity contribution in [3.8, 4) is 0 Å². The van der Waals surface area contributed by atoms with Gasteiger partial charge in [-0.25, -0.2) is 4.79 Å². The molecule has 4 heteroatoms. The van der Waals surface area contributed by atoms with Crippen molar-refractivity contribution in [2.45, 2.75) is 25.4 Å². The molecule has 0 radical (unpaired) electrons. The van der Waals surface area contributed by atoms with E-state index >= 15 is 0 Å². The molecule has 0 amide bonds. The van der Waals surface area contributed by atoms with Gasteiger partial charge in [-0.15, -0.1) is 0 Å². The quantitative estimate of drug-likeness (QED) is 0.847. The third-order valence-electron chi connectivity index (χ3n) is 5.16. The Labute approximate surface area is 148 Å². The predicted octanol–water partition coefficient (Wildman–Crippen LogP) is 3.37. The predicted molar refractivity (Wildman–Crippen MR) is 97.7 cm³/mol. The number of rotatable bonds is 6. The van der Waals surface area contributed by atoms with E-state index in [2.05, 4.69) is 4.90 Å². The van der Waals surface area contributed by atoms with Crippen LogP contribution in [0.5, 0.6) is 0 Å². The average Bonchev–Trinajstić information content (AvgIpc) is 2.67. The van der Waals surface area contributed by atoms with Crippen LogP contribution >= 0.6 is 0 Å². The third kappa shape index (κ3) is 4.47. The van der Waals surface area contributed by atoms with E-state index in [4.69, 9.17) is 0 Å². The smallest absolute Gasteiger partial charge is 0.335 e. The number of carboxylic acids is 1. The summed E-state index contributed by atoms with van der Waals surface area (Å²) in [5.41, 5.74) is 2.29. The second kappa shape index (κ2) is 8.28. The van der Waals surface area contributed by atoms with Gasteiger partial charge in [0.1, 0.15) is 0 Å². The fourth-order valence-electron chi connectivity index (χ4n) is 3.64. The second-order valence-electron chi connectivity index (χ2n) is 6.75. The lowest BCUT2D eigenvalue weighted by atomic mass is 9.87. The Kier molecular flexibility index (Phi) is 5.84. The van der Waals surface area contributed by atoms with Gasteiger partial charge in [-0.2, -0.15) is 0 Å². The van der Waals surface area contributed by atoms with Crippen molar-refractivity contribution in [2.75, 3.05) is 19.6 Å². The molecule has 0 aromatic heterocycles. The van der Waals surface area contributed by atoms with Crippen LogP contribution in [0.1, 0.15) is 40.4 Å². The van der Waals surface area contributed by atoms with E-state index < -0.39 is 12.1 Å². The molecule has 0 aliphatic carbocycles. The van der Waals surface area contributed by atoms with Gasteiger partial charge in [0.15, 0.2) is 0 Å². The van der Waals surface area contributed by atoms with Crippen LogP contribution in [-0.2, 0) is 6.42 Å². The minimum absolute atomic E-state index is 0.296. The van der Waals surface area contributed by atoms with Crippen LogP contribution < -0.4 is 0 Å². The molecule has 0 saturated carbocycles. The summed E-state index contributed by atoms with van der Waals surface area (Å²) in [4.78, 5) is 13.7. The summed E-state index contributed by atoms with van der Waals surface area (Å²) in [6.45, 7) is 2.76. The highest BCUT2D eigenvalue weighted by Gasteiger charge is 2.26. The van der Waals surface area contributed by atoms with Crippen molar-refractivity contribution >= 4 is 5.97 Å². The molecular weight excluding hydrogens is 314 g/mol. The van der Waals surface area contributed by atoms with Gasteiger partial charge >= 0.3 is 5.97 Å². The standard InChI is InChI=1S/C21H25NO3/c23-20(17-7-2-1-3-8-17)18-11-14-22(15-12-18)13-10-16-6-4-5-9-19(16)21(24)25/h1-9,18,20,23H,10-15H2,(H,24,25). The molecule has 1 aliphatic heterocycles. The topological polar surface area (TPSA) is 60.8 Å². The monoisotopic (exact) mass is 339 g/mol. The van der Waals surface area contributed by atoms with Crippen LogP contribution in [0.15, 0.2) is 54.6 Å². The summed E-state index contributed by atoms with van der Waals surface area (Å²) in [7, 11) is 0. The number of aliphatic hydroxyl groups is 1. The van der Waals surface area contributed by atoms with E-state index in [-0.39, 0.29) is 0 Å². The highest BCUT2D eigenvalue weighted by molar-refractivity contribution is 5.89. The first kappa shape index (κ1) is 17.6. The van der Waals surface area contributed by atoms with Gasteiger partial charge in [0.05, 0.1) is 11.7 Å². The molecule has 1 atom stereocenters. The van der Waals surface area contributed by atoms with Crippen LogP contribution in [-0.4, -0.2) is 40.7 Å². The largest absolute Gasteiger partial charge is 0.478 e. The van der Waals surface area contributed by atoms with Crippen molar-refractivity contribution in [1.82, 2.24) is 4.90 Å². The molecular formula is C21H25NO3. The van der Waals surface area contributed by atoms with Gasteiger partial charge in [0, 0.05) is 6.54 Å². The third-order valence-corrected chi connectivity index (χ3v) is 5.16. The van der Waals surface area contributed by atoms with E-state index in [1.54, 1.807) is 12.1 Å². The maximum absolute atomic E-state index is 11.3. The normalized spacial score (nSPS) is 17.3. The van der Waals surface area contributed by atoms with Gasteiger partial charge in [-0.3, -0.25) is 0 Å². The number of hydrogen-bond donors (Lipinski definition) is 2. The summed E-state index contributed by atoms with van der Waals surface area (Å²) >= 11 is 0. The molecule has 2 aromatic rings. The van der Waals surface area contributed by atoms with Crippen LogP contribution in [0.4, 0.5) is 0 Å². The Hall–Kier alpha value is -2.17. The van der Waals surface area contributed by atoms with Crippen LogP contribution in [0.3, 0.4) is 0 Å². The fourth-order valence-corrected chi connectivity index (χ4v) is 3.64. The van der Waals surface area contributed by atoms with Gasteiger partial charge in [-0.1, -0.05) is 48.5 Å². The van der Waals surface area contributed by atoms with Crippen molar-refractivity contribution in [3.63, 3.8) is 0 Å². The molecule has 1 aliphatic rings. The Balaban J connectivity index is 1.51. The molecule has 1 fully saturated rings. The molecule has 1 unspecified atom stereocenters. The Bertz CT molecular complexity index is 693. The SMILES string of the molecule is O=C(O)c1ccccc1CCN1CCC(C(O)c2ccccc2)CC1. The number of carbonyl (C=O) groups is 1. The molecule has 1 saturated heterocycles. The molecule has 1 heterocycles. The van der Waals surface area contributed by atoms with E-state index in [0.717, 1.165) is 50.0 Å². The van der Waals surface area contributed by atoms with Crippen LogP contribution in [0.25, 0.3) is 0 Å². The summed E-state index contributed by atoms with van der Waals surface area (Å²) in [6, 6.07) is 17.1. The Morgan fingerprint density at radius 2 is 1.68 bits per heavy atom. The van der Waals surface area contributed by atoms with E-state index in [0.29, 0.717) is 11.5 Å². The molecule has 0 spiro atoms. The lowest BCUT2D eigenvalue weighted by Crippen LogP contribution is -2.37. The van der Waals surface area contributed by atoms with E-state index in [1.165, 1.54) is 0 Å². The van der Waals surface area contributed by atoms with Gasteiger partial charge in [-0.05, 0) is 55.5 Å². The zero-order chi connectivity index (χ0) is 17.6. The number of aliphatic hydroxyl groups excluding tert-OH is 1. The Morgan fingerprint density at radius 1 is 1.04 bits per heavy atom. The summed E-state index contributed by atoms with van der Waals surface area (Å²) < 4.78 is 0. The lowest BCUT2D eigenvalue weighted by molar-refractivity contribution is 0.0590.